The van der Waals surface area contributed by atoms with Gasteiger partial charge in [-0.3, -0.25) is 0 Å². The molecule has 0 atom stereocenters. The van der Waals surface area contributed by atoms with Crippen molar-refractivity contribution in [3.05, 3.63) is 194 Å². The second-order valence-corrected chi connectivity index (χ2v) is 16.7. The van der Waals surface area contributed by atoms with E-state index in [-0.39, 0.29) is 0 Å². The van der Waals surface area contributed by atoms with Crippen LogP contribution in [0.4, 0.5) is 0 Å². The molecule has 0 N–H and O–H groups in total. The molecule has 1 heterocycles. The van der Waals surface area contributed by atoms with Crippen molar-refractivity contribution >= 4 is 107 Å². The van der Waals surface area contributed by atoms with Gasteiger partial charge in [0.05, 0.1) is 0 Å². The molecule has 0 radical (unpaired) electrons. The van der Waals surface area contributed by atoms with Gasteiger partial charge in [-0.05, 0) is 145 Å². The minimum atomic E-state index is 1.24. The topological polar surface area (TPSA) is 0 Å². The van der Waals surface area contributed by atoms with Crippen LogP contribution in [0.2, 0.25) is 0 Å². The standard InChI is InChI=1S/C56H32S/c1-2-9-33(10-3-1)36-11-8-12-38(27-36)41-23-19-34-22-26-48-42(24-20-35-21-25-47(41)55(34)56(35)48)39-18-17-37-30-53-51(29-40(37)28-39)52-31-49-45-15-6-4-13-43(45)44-14-5-7-16-46(44)50(49)32-54(52)57-53/h1-32H. The molecule has 13 rings (SSSR count). The SMILES string of the molecule is c1ccc(-c2cccc(-c3ccc4ccc5c(-c6ccc7cc8sc9cc%10c%11ccccc%11c%11ccccc%11c%10cc9c8cc7c6)ccc6ccc3c4c65)c2)cc1. The van der Waals surface area contributed by atoms with Gasteiger partial charge in [-0.15, -0.1) is 11.3 Å². The van der Waals surface area contributed by atoms with Gasteiger partial charge in [0.2, 0.25) is 0 Å². The minimum absolute atomic E-state index is 1.24. The Morgan fingerprint density at radius 2 is 0.737 bits per heavy atom. The van der Waals surface area contributed by atoms with Crippen LogP contribution < -0.4 is 0 Å². The Balaban J connectivity index is 0.989. The molecule has 0 nitrogen and oxygen atoms in total. The van der Waals surface area contributed by atoms with Crippen molar-refractivity contribution in [2.75, 3.05) is 0 Å². The molecule has 0 bridgehead atoms. The molecule has 0 aliphatic rings. The van der Waals surface area contributed by atoms with E-state index in [1.165, 1.54) is 129 Å². The van der Waals surface area contributed by atoms with Crippen molar-refractivity contribution in [2.45, 2.75) is 0 Å². The summed E-state index contributed by atoms with van der Waals surface area (Å²) >= 11 is 1.91. The zero-order valence-corrected chi connectivity index (χ0v) is 31.7. The van der Waals surface area contributed by atoms with Gasteiger partial charge in [-0.1, -0.05) is 158 Å². The molecular formula is C56H32S. The van der Waals surface area contributed by atoms with Crippen LogP contribution in [0.15, 0.2) is 194 Å². The summed E-state index contributed by atoms with van der Waals surface area (Å²) in [5.41, 5.74) is 7.51. The third kappa shape index (κ3) is 4.55. The van der Waals surface area contributed by atoms with Crippen LogP contribution in [0.25, 0.3) is 129 Å². The largest absolute Gasteiger partial charge is 0.135 e. The lowest BCUT2D eigenvalue weighted by atomic mass is 9.86. The van der Waals surface area contributed by atoms with Crippen LogP contribution in [0, 0.1) is 0 Å². The zero-order valence-electron chi connectivity index (χ0n) is 30.9. The third-order valence-corrected chi connectivity index (χ3v) is 13.7. The molecule has 0 saturated heterocycles. The van der Waals surface area contributed by atoms with Gasteiger partial charge in [-0.25, -0.2) is 0 Å². The van der Waals surface area contributed by atoms with Gasteiger partial charge in [0.1, 0.15) is 0 Å². The van der Waals surface area contributed by atoms with Gasteiger partial charge >= 0.3 is 0 Å². The van der Waals surface area contributed by atoms with Crippen molar-refractivity contribution in [3.8, 4) is 33.4 Å². The number of hydrogen-bond donors (Lipinski definition) is 0. The smallest absolute Gasteiger partial charge is 0.0362 e. The highest BCUT2D eigenvalue weighted by molar-refractivity contribution is 7.26. The summed E-state index contributed by atoms with van der Waals surface area (Å²) in [6, 6.07) is 72.8. The fraction of sp³-hybridized carbons (Fsp3) is 0. The molecule has 0 fully saturated rings. The van der Waals surface area contributed by atoms with Gasteiger partial charge in [-0.2, -0.15) is 0 Å². The molecule has 0 aliphatic heterocycles. The monoisotopic (exact) mass is 736 g/mol. The van der Waals surface area contributed by atoms with Gasteiger partial charge in [0.15, 0.2) is 0 Å². The third-order valence-electron chi connectivity index (χ3n) is 12.5. The molecule has 57 heavy (non-hydrogen) atoms. The predicted octanol–water partition coefficient (Wildman–Crippen LogP) is 16.6. The Bertz CT molecular complexity index is 3790. The highest BCUT2D eigenvalue weighted by Gasteiger charge is 2.17. The average molecular weight is 737 g/mol. The van der Waals surface area contributed by atoms with Crippen molar-refractivity contribution in [1.29, 1.82) is 0 Å². The molecule has 262 valence electrons. The number of rotatable bonds is 3. The number of thiophene rings is 1. The first-order chi connectivity index (χ1) is 28.2. The normalized spacial score (nSPS) is 12.2. The molecular weight excluding hydrogens is 705 g/mol. The van der Waals surface area contributed by atoms with Crippen molar-refractivity contribution in [3.63, 3.8) is 0 Å². The fourth-order valence-electron chi connectivity index (χ4n) is 9.89. The summed E-state index contributed by atoms with van der Waals surface area (Å²) in [6.07, 6.45) is 0. The Hall–Kier alpha value is -7.06. The summed E-state index contributed by atoms with van der Waals surface area (Å²) in [6.45, 7) is 0. The minimum Gasteiger partial charge on any atom is -0.135 e. The Labute approximate surface area is 332 Å². The van der Waals surface area contributed by atoms with Gasteiger partial charge < -0.3 is 0 Å². The van der Waals surface area contributed by atoms with Gasteiger partial charge in [0, 0.05) is 20.2 Å². The van der Waals surface area contributed by atoms with E-state index < -0.39 is 0 Å². The molecule has 1 aromatic heterocycles. The molecule has 0 spiro atoms. The van der Waals surface area contributed by atoms with E-state index in [0.29, 0.717) is 0 Å². The van der Waals surface area contributed by atoms with E-state index in [0.717, 1.165) is 0 Å². The van der Waals surface area contributed by atoms with E-state index in [9.17, 15) is 0 Å². The lowest BCUT2D eigenvalue weighted by Crippen LogP contribution is -1.90. The molecule has 0 aliphatic carbocycles. The van der Waals surface area contributed by atoms with Crippen LogP contribution in [-0.2, 0) is 0 Å². The Morgan fingerprint density at radius 1 is 0.228 bits per heavy atom. The van der Waals surface area contributed by atoms with E-state index in [1.54, 1.807) is 0 Å². The number of hydrogen-bond acceptors (Lipinski definition) is 1. The lowest BCUT2D eigenvalue weighted by molar-refractivity contribution is 1.61. The van der Waals surface area contributed by atoms with E-state index in [2.05, 4.69) is 194 Å². The quantitative estimate of drug-likeness (QED) is 0.158. The maximum Gasteiger partial charge on any atom is 0.0362 e. The number of benzene rings is 12. The first-order valence-electron chi connectivity index (χ1n) is 19.7. The van der Waals surface area contributed by atoms with Crippen molar-refractivity contribution in [2.24, 2.45) is 0 Å². The Kier molecular flexibility index (Phi) is 6.41. The van der Waals surface area contributed by atoms with Crippen molar-refractivity contribution in [1.82, 2.24) is 0 Å². The Morgan fingerprint density at radius 3 is 1.42 bits per heavy atom. The molecule has 0 amide bonds. The predicted molar refractivity (Wildman–Crippen MR) is 249 cm³/mol. The van der Waals surface area contributed by atoms with E-state index in [4.69, 9.17) is 0 Å². The van der Waals surface area contributed by atoms with E-state index in [1.807, 2.05) is 11.3 Å². The van der Waals surface area contributed by atoms with Crippen molar-refractivity contribution < 1.29 is 0 Å². The van der Waals surface area contributed by atoms with Crippen LogP contribution in [0.1, 0.15) is 0 Å². The maximum atomic E-state index is 2.46. The molecule has 12 aromatic carbocycles. The first kappa shape index (κ1) is 31.2. The molecule has 1 heteroatoms. The second kappa shape index (κ2) is 11.7. The molecule has 0 unspecified atom stereocenters. The average Bonchev–Trinajstić information content (AvgIpc) is 3.63. The van der Waals surface area contributed by atoms with Crippen LogP contribution >= 0.6 is 11.3 Å². The van der Waals surface area contributed by atoms with Crippen LogP contribution in [-0.4, -0.2) is 0 Å². The molecule has 13 aromatic rings. The summed E-state index contributed by atoms with van der Waals surface area (Å²) in [7, 11) is 0. The van der Waals surface area contributed by atoms with Gasteiger partial charge in [0.25, 0.3) is 0 Å². The highest BCUT2D eigenvalue weighted by atomic mass is 32.1. The van der Waals surface area contributed by atoms with Crippen LogP contribution in [0.3, 0.4) is 0 Å². The maximum absolute atomic E-state index is 2.46. The summed E-state index contributed by atoms with van der Waals surface area (Å²) < 4.78 is 2.67. The lowest BCUT2D eigenvalue weighted by Gasteiger charge is -2.17. The molecule has 0 saturated carbocycles. The zero-order chi connectivity index (χ0) is 37.2. The summed E-state index contributed by atoms with van der Waals surface area (Å²) in [5.74, 6) is 0. The highest BCUT2D eigenvalue weighted by Crippen LogP contribution is 2.45. The summed E-state index contributed by atoms with van der Waals surface area (Å²) in [5, 5.41) is 21.0. The first-order valence-corrected chi connectivity index (χ1v) is 20.6. The van der Waals surface area contributed by atoms with Crippen LogP contribution in [0.5, 0.6) is 0 Å². The second-order valence-electron chi connectivity index (χ2n) is 15.6. The van der Waals surface area contributed by atoms with E-state index >= 15 is 0 Å². The fourth-order valence-corrected chi connectivity index (χ4v) is 11.0. The summed E-state index contributed by atoms with van der Waals surface area (Å²) in [4.78, 5) is 0. The number of fused-ring (bicyclic) bond motifs is 10.